The summed E-state index contributed by atoms with van der Waals surface area (Å²) in [4.78, 5) is 15.7. The fourth-order valence-corrected chi connectivity index (χ4v) is 3.31. The van der Waals surface area contributed by atoms with Gasteiger partial charge >= 0.3 is 12.1 Å². The van der Waals surface area contributed by atoms with E-state index in [1.807, 2.05) is 30.5 Å². The topological polar surface area (TPSA) is 45.3 Å². The molecule has 0 unspecified atom stereocenters. The number of halogens is 3. The number of esters is 1. The Morgan fingerprint density at radius 1 is 1.13 bits per heavy atom. The number of carbonyl (C=O) groups is 1. The van der Waals surface area contributed by atoms with E-state index in [1.54, 1.807) is 30.3 Å². The molecule has 0 saturated heterocycles. The summed E-state index contributed by atoms with van der Waals surface area (Å²) in [5, 5.41) is 1.03. The lowest BCUT2D eigenvalue weighted by atomic mass is 10.1. The Labute approximate surface area is 173 Å². The summed E-state index contributed by atoms with van der Waals surface area (Å²) < 4.78 is 43.8. The molecule has 4 nitrogen and oxygen atoms in total. The fraction of sp³-hybridized carbons (Fsp3) is 0.261. The van der Waals surface area contributed by atoms with E-state index in [0.717, 1.165) is 27.6 Å². The lowest BCUT2D eigenvalue weighted by Crippen LogP contribution is -2.35. The average Bonchev–Trinajstić information content (AvgIpc) is 3.13. The van der Waals surface area contributed by atoms with Crippen molar-refractivity contribution in [3.63, 3.8) is 0 Å². The number of aromatic nitrogens is 1. The number of ether oxygens (including phenoxy) is 1. The highest BCUT2D eigenvalue weighted by Crippen LogP contribution is 2.21. The number of fused-ring (bicyclic) bond motifs is 1. The third kappa shape index (κ3) is 6.22. The van der Waals surface area contributed by atoms with Gasteiger partial charge in [0.05, 0.1) is 13.7 Å². The number of benzene rings is 2. The van der Waals surface area contributed by atoms with Crippen LogP contribution in [0.1, 0.15) is 16.7 Å². The first-order valence-corrected chi connectivity index (χ1v) is 9.53. The predicted octanol–water partition coefficient (Wildman–Crippen LogP) is 4.96. The van der Waals surface area contributed by atoms with Crippen LogP contribution in [0.25, 0.3) is 17.0 Å². The molecule has 1 aromatic heterocycles. The number of carbonyl (C=O) groups excluding carboxylic acids is 1. The van der Waals surface area contributed by atoms with Crippen molar-refractivity contribution >= 4 is 22.9 Å². The second kappa shape index (κ2) is 9.63. The van der Waals surface area contributed by atoms with Crippen LogP contribution in [0.3, 0.4) is 0 Å². The molecule has 7 heteroatoms. The maximum atomic E-state index is 13.1. The highest BCUT2D eigenvalue weighted by molar-refractivity contribution is 5.86. The van der Waals surface area contributed by atoms with Crippen molar-refractivity contribution in [1.82, 2.24) is 9.88 Å². The Balaban J connectivity index is 1.67. The molecule has 158 valence electrons. The van der Waals surface area contributed by atoms with Gasteiger partial charge in [0.15, 0.2) is 0 Å². The van der Waals surface area contributed by atoms with Crippen molar-refractivity contribution in [3.05, 3.63) is 77.5 Å². The zero-order valence-electron chi connectivity index (χ0n) is 16.6. The fourth-order valence-electron chi connectivity index (χ4n) is 3.31. The summed E-state index contributed by atoms with van der Waals surface area (Å²) in [5.74, 6) is -0.465. The third-order valence-electron chi connectivity index (χ3n) is 4.77. The summed E-state index contributed by atoms with van der Waals surface area (Å²) in [6.07, 6.45) is 0.995. The molecular formula is C23H23F3N2O2. The molecule has 0 bridgehead atoms. The summed E-state index contributed by atoms with van der Waals surface area (Å²) in [6.45, 7) is -0.506. The van der Waals surface area contributed by atoms with Gasteiger partial charge in [-0.1, -0.05) is 42.5 Å². The molecule has 0 atom stereocenters. The molecular weight excluding hydrogens is 393 g/mol. The van der Waals surface area contributed by atoms with E-state index < -0.39 is 18.7 Å². The number of hydrogen-bond acceptors (Lipinski definition) is 3. The molecule has 0 spiro atoms. The average molecular weight is 416 g/mol. The Morgan fingerprint density at radius 3 is 2.57 bits per heavy atom. The summed E-state index contributed by atoms with van der Waals surface area (Å²) in [7, 11) is 1.29. The van der Waals surface area contributed by atoms with E-state index in [1.165, 1.54) is 18.1 Å². The number of rotatable bonds is 8. The van der Waals surface area contributed by atoms with Crippen molar-refractivity contribution in [2.75, 3.05) is 20.2 Å². The molecule has 0 aliphatic rings. The number of H-pyrrole nitrogens is 1. The van der Waals surface area contributed by atoms with Crippen molar-refractivity contribution in [2.24, 2.45) is 0 Å². The zero-order chi connectivity index (χ0) is 21.6. The first-order chi connectivity index (χ1) is 14.3. The minimum Gasteiger partial charge on any atom is -0.466 e. The quantitative estimate of drug-likeness (QED) is 0.417. The first kappa shape index (κ1) is 21.6. The third-order valence-corrected chi connectivity index (χ3v) is 4.77. The van der Waals surface area contributed by atoms with Gasteiger partial charge in [0.1, 0.15) is 0 Å². The van der Waals surface area contributed by atoms with Crippen LogP contribution in [0.15, 0.2) is 60.8 Å². The minimum absolute atomic E-state index is 0.183. The van der Waals surface area contributed by atoms with Gasteiger partial charge in [-0.05, 0) is 35.3 Å². The lowest BCUT2D eigenvalue weighted by Gasteiger charge is -2.23. The number of para-hydroxylation sites is 1. The van der Waals surface area contributed by atoms with Crippen LogP contribution in [-0.4, -0.2) is 42.2 Å². The molecule has 0 aliphatic heterocycles. The Hall–Kier alpha value is -3.06. The molecule has 0 saturated carbocycles. The van der Waals surface area contributed by atoms with E-state index >= 15 is 0 Å². The van der Waals surface area contributed by atoms with Crippen LogP contribution in [0.5, 0.6) is 0 Å². The van der Waals surface area contributed by atoms with Crippen molar-refractivity contribution in [1.29, 1.82) is 0 Å². The maximum Gasteiger partial charge on any atom is 0.401 e. The summed E-state index contributed by atoms with van der Waals surface area (Å²) in [5.41, 5.74) is 3.52. The Morgan fingerprint density at radius 2 is 1.87 bits per heavy atom. The monoisotopic (exact) mass is 416 g/mol. The van der Waals surface area contributed by atoms with Gasteiger partial charge in [-0.2, -0.15) is 13.2 Å². The van der Waals surface area contributed by atoms with Gasteiger partial charge < -0.3 is 9.72 Å². The Bertz CT molecular complexity index is 1010. The van der Waals surface area contributed by atoms with Crippen LogP contribution in [0, 0.1) is 0 Å². The number of nitrogens with zero attached hydrogens (tertiary/aromatic N) is 1. The number of alkyl halides is 3. The van der Waals surface area contributed by atoms with E-state index in [9.17, 15) is 18.0 Å². The molecule has 1 N–H and O–H groups in total. The van der Waals surface area contributed by atoms with E-state index in [2.05, 4.69) is 9.72 Å². The predicted molar refractivity (Wildman–Crippen MR) is 111 cm³/mol. The number of hydrogen-bond donors (Lipinski definition) is 1. The van der Waals surface area contributed by atoms with Gasteiger partial charge in [0, 0.05) is 36.3 Å². The molecule has 0 amide bonds. The first-order valence-electron chi connectivity index (χ1n) is 9.53. The lowest BCUT2D eigenvalue weighted by molar-refractivity contribution is -0.147. The molecule has 0 aliphatic carbocycles. The van der Waals surface area contributed by atoms with E-state index in [-0.39, 0.29) is 13.1 Å². The minimum atomic E-state index is -4.27. The smallest absolute Gasteiger partial charge is 0.401 e. The van der Waals surface area contributed by atoms with Crippen molar-refractivity contribution in [2.45, 2.75) is 19.1 Å². The van der Waals surface area contributed by atoms with E-state index in [0.29, 0.717) is 6.42 Å². The van der Waals surface area contributed by atoms with Crippen LogP contribution in [-0.2, 0) is 22.5 Å². The number of aromatic amines is 1. The molecule has 2 aromatic carbocycles. The molecule has 3 rings (SSSR count). The second-order valence-corrected chi connectivity index (χ2v) is 7.03. The summed E-state index contributed by atoms with van der Waals surface area (Å²) >= 11 is 0. The van der Waals surface area contributed by atoms with Crippen molar-refractivity contribution < 1.29 is 22.7 Å². The number of nitrogens with one attached hydrogen (secondary N) is 1. The largest absolute Gasteiger partial charge is 0.466 e. The van der Waals surface area contributed by atoms with Crippen LogP contribution in [0.2, 0.25) is 0 Å². The molecule has 1 heterocycles. The molecule has 30 heavy (non-hydrogen) atoms. The van der Waals surface area contributed by atoms with Crippen LogP contribution >= 0.6 is 0 Å². The van der Waals surface area contributed by atoms with Gasteiger partial charge in [0.2, 0.25) is 0 Å². The van der Waals surface area contributed by atoms with Gasteiger partial charge in [-0.15, -0.1) is 0 Å². The van der Waals surface area contributed by atoms with Gasteiger partial charge in [-0.25, -0.2) is 4.79 Å². The summed E-state index contributed by atoms with van der Waals surface area (Å²) in [6, 6.07) is 14.8. The second-order valence-electron chi connectivity index (χ2n) is 7.03. The van der Waals surface area contributed by atoms with Crippen LogP contribution < -0.4 is 0 Å². The van der Waals surface area contributed by atoms with E-state index in [4.69, 9.17) is 0 Å². The SMILES string of the molecule is COC(=O)/C=C/c1ccc(CN(CCc2c[nH]c3ccccc23)CC(F)(F)F)cc1. The highest BCUT2D eigenvalue weighted by atomic mass is 19.4. The standard InChI is InChI=1S/C23H23F3N2O2/c1-30-22(29)11-10-17-6-8-18(9-7-17)15-28(16-23(24,25)26)13-12-19-14-27-21-5-3-2-4-20(19)21/h2-11,14,27H,12-13,15-16H2,1H3/b11-10+. The molecule has 0 fully saturated rings. The normalized spacial score (nSPS) is 12.2. The molecule has 3 aromatic rings. The maximum absolute atomic E-state index is 13.1. The highest BCUT2D eigenvalue weighted by Gasteiger charge is 2.30. The molecule has 0 radical (unpaired) electrons. The van der Waals surface area contributed by atoms with Gasteiger partial charge in [0.25, 0.3) is 0 Å². The zero-order valence-corrected chi connectivity index (χ0v) is 16.6. The van der Waals surface area contributed by atoms with Crippen molar-refractivity contribution in [3.8, 4) is 0 Å². The van der Waals surface area contributed by atoms with Crippen LogP contribution in [0.4, 0.5) is 13.2 Å². The number of methoxy groups -OCH3 is 1. The Kier molecular flexibility index (Phi) is 6.95. The van der Waals surface area contributed by atoms with Gasteiger partial charge in [-0.3, -0.25) is 4.90 Å².